The van der Waals surface area contributed by atoms with E-state index in [1.165, 1.54) is 36.6 Å². The van der Waals surface area contributed by atoms with Gasteiger partial charge in [0.1, 0.15) is 29.7 Å². The molecule has 0 N–H and O–H groups in total. The molecule has 0 amide bonds. The van der Waals surface area contributed by atoms with Crippen molar-refractivity contribution in [3.8, 4) is 22.6 Å². The van der Waals surface area contributed by atoms with E-state index in [0.717, 1.165) is 66.4 Å². The lowest BCUT2D eigenvalue weighted by Gasteiger charge is -2.33. The molecule has 0 saturated carbocycles. The van der Waals surface area contributed by atoms with Crippen LogP contribution in [0.3, 0.4) is 0 Å². The largest absolute Gasteiger partial charge is 0.494 e. The zero-order valence-electron chi connectivity index (χ0n) is 21.7. The summed E-state index contributed by atoms with van der Waals surface area (Å²) in [4.78, 5) is 2.48. The SMILES string of the molecule is CCCCOc1ccc(F)c(-c2ccc3c(c2)C(c2ccc(F)cc2)=C(CN2CCC(C)CC2)CO3)c1. The van der Waals surface area contributed by atoms with Crippen LogP contribution in [0, 0.1) is 17.6 Å². The second-order valence-electron chi connectivity index (χ2n) is 10.3. The van der Waals surface area contributed by atoms with Crippen LogP contribution in [0.2, 0.25) is 0 Å². The number of hydrogen-bond acceptors (Lipinski definition) is 3. The average Bonchev–Trinajstić information content (AvgIpc) is 2.91. The Morgan fingerprint density at radius 1 is 0.919 bits per heavy atom. The van der Waals surface area contributed by atoms with Crippen molar-refractivity contribution in [1.82, 2.24) is 4.90 Å². The van der Waals surface area contributed by atoms with E-state index in [4.69, 9.17) is 9.47 Å². The first kappa shape index (κ1) is 25.5. The number of benzene rings is 3. The van der Waals surface area contributed by atoms with Crippen molar-refractivity contribution in [1.29, 1.82) is 0 Å². The van der Waals surface area contributed by atoms with Crippen molar-refractivity contribution >= 4 is 5.57 Å². The highest BCUT2D eigenvalue weighted by atomic mass is 19.1. The smallest absolute Gasteiger partial charge is 0.131 e. The summed E-state index contributed by atoms with van der Waals surface area (Å²) in [5.41, 5.74) is 5.33. The van der Waals surface area contributed by atoms with Crippen molar-refractivity contribution in [3.05, 3.63) is 89.0 Å². The lowest BCUT2D eigenvalue weighted by molar-refractivity contribution is 0.199. The Balaban J connectivity index is 1.55. The molecule has 3 aromatic rings. The summed E-state index contributed by atoms with van der Waals surface area (Å²) in [7, 11) is 0. The minimum Gasteiger partial charge on any atom is -0.494 e. The van der Waals surface area contributed by atoms with Crippen molar-refractivity contribution in [2.24, 2.45) is 5.92 Å². The molecule has 5 heteroatoms. The molecular formula is C32H35F2NO2. The molecular weight excluding hydrogens is 468 g/mol. The minimum absolute atomic E-state index is 0.265. The highest BCUT2D eigenvalue weighted by molar-refractivity contribution is 5.88. The Bertz CT molecular complexity index is 1260. The molecule has 0 radical (unpaired) electrons. The van der Waals surface area contributed by atoms with Gasteiger partial charge in [0.2, 0.25) is 0 Å². The van der Waals surface area contributed by atoms with Crippen LogP contribution in [0.25, 0.3) is 16.7 Å². The molecule has 2 aliphatic rings. The van der Waals surface area contributed by atoms with Crippen LogP contribution in [-0.2, 0) is 0 Å². The number of fused-ring (bicyclic) bond motifs is 1. The van der Waals surface area contributed by atoms with Crippen molar-refractivity contribution in [2.75, 3.05) is 32.8 Å². The van der Waals surface area contributed by atoms with Crippen LogP contribution < -0.4 is 9.47 Å². The number of hydrogen-bond donors (Lipinski definition) is 0. The maximum absolute atomic E-state index is 15.0. The molecule has 0 unspecified atom stereocenters. The summed E-state index contributed by atoms with van der Waals surface area (Å²) in [6.45, 7) is 8.44. The number of nitrogens with zero attached hydrogens (tertiary/aromatic N) is 1. The summed E-state index contributed by atoms with van der Waals surface area (Å²) in [5.74, 6) is 1.61. The fraction of sp³-hybridized carbons (Fsp3) is 0.375. The van der Waals surface area contributed by atoms with Gasteiger partial charge in [0.25, 0.3) is 0 Å². The summed E-state index contributed by atoms with van der Waals surface area (Å²) < 4.78 is 40.9. The van der Waals surface area contributed by atoms with E-state index in [9.17, 15) is 4.39 Å². The number of unbranched alkanes of at least 4 members (excludes halogenated alkanes) is 1. The highest BCUT2D eigenvalue weighted by Gasteiger charge is 2.25. The lowest BCUT2D eigenvalue weighted by Crippen LogP contribution is -2.36. The highest BCUT2D eigenvalue weighted by Crippen LogP contribution is 2.41. The number of likely N-dealkylation sites (tertiary alicyclic amines) is 1. The minimum atomic E-state index is -0.297. The van der Waals surface area contributed by atoms with E-state index >= 15 is 4.39 Å². The maximum atomic E-state index is 15.0. The van der Waals surface area contributed by atoms with Crippen LogP contribution in [0.1, 0.15) is 50.7 Å². The number of halogens is 2. The van der Waals surface area contributed by atoms with E-state index in [2.05, 4.69) is 18.7 Å². The van der Waals surface area contributed by atoms with Crippen LogP contribution in [0.15, 0.2) is 66.2 Å². The molecule has 2 heterocycles. The first-order chi connectivity index (χ1) is 18.0. The molecule has 37 heavy (non-hydrogen) atoms. The van der Waals surface area contributed by atoms with Crippen LogP contribution in [-0.4, -0.2) is 37.7 Å². The van der Waals surface area contributed by atoms with Gasteiger partial charge in [0, 0.05) is 17.7 Å². The van der Waals surface area contributed by atoms with Gasteiger partial charge in [-0.25, -0.2) is 8.78 Å². The van der Waals surface area contributed by atoms with E-state index in [-0.39, 0.29) is 11.6 Å². The Morgan fingerprint density at radius 2 is 1.68 bits per heavy atom. The van der Waals surface area contributed by atoms with Gasteiger partial charge in [-0.05, 0) is 103 Å². The quantitative estimate of drug-likeness (QED) is 0.294. The van der Waals surface area contributed by atoms with Gasteiger partial charge in [-0.2, -0.15) is 0 Å². The van der Waals surface area contributed by atoms with E-state index in [1.54, 1.807) is 12.1 Å². The molecule has 1 saturated heterocycles. The second kappa shape index (κ2) is 11.5. The second-order valence-corrected chi connectivity index (χ2v) is 10.3. The topological polar surface area (TPSA) is 21.7 Å². The summed E-state index contributed by atoms with van der Waals surface area (Å²) in [6.07, 6.45) is 4.37. The van der Waals surface area contributed by atoms with E-state index in [0.29, 0.717) is 24.5 Å². The molecule has 1 fully saturated rings. The summed E-state index contributed by atoms with van der Waals surface area (Å²) in [6, 6.07) is 17.4. The molecule has 2 aliphatic heterocycles. The number of rotatable bonds is 8. The molecule has 0 bridgehead atoms. The van der Waals surface area contributed by atoms with E-state index < -0.39 is 0 Å². The first-order valence-corrected chi connectivity index (χ1v) is 13.4. The van der Waals surface area contributed by atoms with Crippen LogP contribution in [0.5, 0.6) is 11.5 Å². The van der Waals surface area contributed by atoms with Gasteiger partial charge >= 0.3 is 0 Å². The fourth-order valence-corrected chi connectivity index (χ4v) is 5.19. The normalized spacial score (nSPS) is 16.4. The van der Waals surface area contributed by atoms with Gasteiger partial charge in [-0.1, -0.05) is 38.5 Å². The fourth-order valence-electron chi connectivity index (χ4n) is 5.19. The average molecular weight is 504 g/mol. The molecule has 0 aromatic heterocycles. The number of piperidine rings is 1. The first-order valence-electron chi connectivity index (χ1n) is 13.4. The maximum Gasteiger partial charge on any atom is 0.131 e. The van der Waals surface area contributed by atoms with E-state index in [1.807, 2.05) is 30.3 Å². The van der Waals surface area contributed by atoms with Crippen LogP contribution in [0.4, 0.5) is 8.78 Å². The summed E-state index contributed by atoms with van der Waals surface area (Å²) in [5, 5.41) is 0. The Kier molecular flexibility index (Phi) is 7.90. The molecule has 3 aromatic carbocycles. The zero-order chi connectivity index (χ0) is 25.8. The summed E-state index contributed by atoms with van der Waals surface area (Å²) >= 11 is 0. The van der Waals surface area contributed by atoms with Crippen LogP contribution >= 0.6 is 0 Å². The molecule has 5 rings (SSSR count). The molecule has 194 valence electrons. The molecule has 0 aliphatic carbocycles. The lowest BCUT2D eigenvalue weighted by atomic mass is 9.88. The predicted octanol–water partition coefficient (Wildman–Crippen LogP) is 7.74. The third-order valence-electron chi connectivity index (χ3n) is 7.44. The third-order valence-corrected chi connectivity index (χ3v) is 7.44. The standard InChI is InChI=1S/C32H35F2NO2/c1-3-4-17-36-27-10-11-30(34)28(19-27)24-7-12-31-29(18-24)32(23-5-8-26(33)9-6-23)25(21-37-31)20-35-15-13-22(2)14-16-35/h5-12,18-19,22H,3-4,13-17,20-21H2,1-2H3. The zero-order valence-corrected chi connectivity index (χ0v) is 21.7. The van der Waals surface area contributed by atoms with Crippen molar-refractivity contribution < 1.29 is 18.3 Å². The van der Waals surface area contributed by atoms with Gasteiger partial charge in [-0.15, -0.1) is 0 Å². The van der Waals surface area contributed by atoms with Gasteiger partial charge in [-0.3, -0.25) is 4.90 Å². The molecule has 0 spiro atoms. The Morgan fingerprint density at radius 3 is 2.43 bits per heavy atom. The van der Waals surface area contributed by atoms with Gasteiger partial charge in [0.05, 0.1) is 6.61 Å². The Hall–Kier alpha value is -3.18. The molecule has 0 atom stereocenters. The van der Waals surface area contributed by atoms with Crippen molar-refractivity contribution in [2.45, 2.75) is 39.5 Å². The van der Waals surface area contributed by atoms with Gasteiger partial charge in [0.15, 0.2) is 0 Å². The monoisotopic (exact) mass is 503 g/mol. The Labute approximate surface area is 218 Å². The third kappa shape index (κ3) is 5.88. The van der Waals surface area contributed by atoms with Gasteiger partial charge < -0.3 is 9.47 Å². The predicted molar refractivity (Wildman–Crippen MR) is 145 cm³/mol. The number of ether oxygens (including phenoxy) is 2. The van der Waals surface area contributed by atoms with Crippen molar-refractivity contribution in [3.63, 3.8) is 0 Å². The molecule has 3 nitrogen and oxygen atoms in total.